The standard InChI is InChI=1S/C14H14ClNO3/c1-9-7-16-14(15)6-12(9)19-11-4-3-10(8-17)5-13(11)18-2/h3-7,17H,8H2,1-2H3. The van der Waals surface area contributed by atoms with E-state index in [-0.39, 0.29) is 6.61 Å². The van der Waals surface area contributed by atoms with Crippen LogP contribution in [0.4, 0.5) is 0 Å². The lowest BCUT2D eigenvalue weighted by molar-refractivity contribution is 0.280. The molecule has 0 radical (unpaired) electrons. The lowest BCUT2D eigenvalue weighted by atomic mass is 10.2. The predicted molar refractivity (Wildman–Crippen MR) is 73.0 cm³/mol. The molecule has 1 N–H and O–H groups in total. The van der Waals surface area contributed by atoms with Crippen molar-refractivity contribution < 1.29 is 14.6 Å². The molecule has 0 saturated heterocycles. The Hall–Kier alpha value is -1.78. The van der Waals surface area contributed by atoms with Crippen molar-refractivity contribution in [3.63, 3.8) is 0 Å². The van der Waals surface area contributed by atoms with E-state index < -0.39 is 0 Å². The van der Waals surface area contributed by atoms with E-state index in [4.69, 9.17) is 26.2 Å². The molecule has 0 saturated carbocycles. The maximum Gasteiger partial charge on any atom is 0.169 e. The highest BCUT2D eigenvalue weighted by molar-refractivity contribution is 6.29. The second-order valence-corrected chi connectivity index (χ2v) is 4.41. The Morgan fingerprint density at radius 1 is 1.21 bits per heavy atom. The van der Waals surface area contributed by atoms with Gasteiger partial charge in [-0.1, -0.05) is 17.7 Å². The minimum Gasteiger partial charge on any atom is -0.493 e. The molecular formula is C14H14ClNO3. The Morgan fingerprint density at radius 3 is 2.68 bits per heavy atom. The number of ether oxygens (including phenoxy) is 2. The van der Waals surface area contributed by atoms with Crippen molar-refractivity contribution in [1.82, 2.24) is 4.98 Å². The van der Waals surface area contributed by atoms with Crippen molar-refractivity contribution in [3.05, 3.63) is 46.7 Å². The molecule has 0 aliphatic rings. The Bertz CT molecular complexity index is 587. The number of hydrogen-bond donors (Lipinski definition) is 1. The minimum absolute atomic E-state index is 0.0449. The number of hydrogen-bond acceptors (Lipinski definition) is 4. The van der Waals surface area contributed by atoms with Gasteiger partial charge in [0.05, 0.1) is 13.7 Å². The Balaban J connectivity index is 2.35. The van der Waals surface area contributed by atoms with E-state index in [0.717, 1.165) is 11.1 Å². The molecule has 0 amide bonds. The average molecular weight is 280 g/mol. The molecule has 0 spiro atoms. The number of nitrogens with zero attached hydrogens (tertiary/aromatic N) is 1. The van der Waals surface area contributed by atoms with Gasteiger partial charge in [0.2, 0.25) is 0 Å². The zero-order valence-electron chi connectivity index (χ0n) is 10.7. The molecule has 0 aliphatic heterocycles. The van der Waals surface area contributed by atoms with Crippen molar-refractivity contribution in [2.24, 2.45) is 0 Å². The van der Waals surface area contributed by atoms with Gasteiger partial charge in [-0.2, -0.15) is 0 Å². The first kappa shape index (κ1) is 13.6. The largest absolute Gasteiger partial charge is 0.493 e. The number of aryl methyl sites for hydroxylation is 1. The second-order valence-electron chi connectivity index (χ2n) is 4.02. The van der Waals surface area contributed by atoms with Crippen LogP contribution in [-0.4, -0.2) is 17.2 Å². The molecule has 2 aromatic rings. The van der Waals surface area contributed by atoms with Crippen molar-refractivity contribution in [2.75, 3.05) is 7.11 Å². The van der Waals surface area contributed by atoms with Crippen LogP contribution in [0.2, 0.25) is 5.15 Å². The maximum atomic E-state index is 9.10. The van der Waals surface area contributed by atoms with Crippen molar-refractivity contribution in [1.29, 1.82) is 0 Å². The molecule has 0 aliphatic carbocycles. The lowest BCUT2D eigenvalue weighted by Gasteiger charge is -2.13. The third-order valence-electron chi connectivity index (χ3n) is 2.65. The SMILES string of the molecule is COc1cc(CO)ccc1Oc1cc(Cl)ncc1C. The molecule has 1 aromatic carbocycles. The van der Waals surface area contributed by atoms with Gasteiger partial charge in [-0.15, -0.1) is 0 Å². The highest BCUT2D eigenvalue weighted by Crippen LogP contribution is 2.34. The third-order valence-corrected chi connectivity index (χ3v) is 2.86. The summed E-state index contributed by atoms with van der Waals surface area (Å²) in [5, 5.41) is 9.46. The van der Waals surface area contributed by atoms with Crippen LogP contribution >= 0.6 is 11.6 Å². The van der Waals surface area contributed by atoms with Crippen LogP contribution in [0.25, 0.3) is 0 Å². The number of aromatic nitrogens is 1. The average Bonchev–Trinajstić information content (AvgIpc) is 2.43. The summed E-state index contributed by atoms with van der Waals surface area (Å²) >= 11 is 5.85. The van der Waals surface area contributed by atoms with E-state index in [0.29, 0.717) is 22.4 Å². The highest BCUT2D eigenvalue weighted by Gasteiger charge is 2.09. The summed E-state index contributed by atoms with van der Waals surface area (Å²) in [5.41, 5.74) is 1.63. The van der Waals surface area contributed by atoms with Gasteiger partial charge in [-0.05, 0) is 24.6 Å². The molecule has 4 nitrogen and oxygen atoms in total. The zero-order chi connectivity index (χ0) is 13.8. The summed E-state index contributed by atoms with van der Waals surface area (Å²) in [6, 6.07) is 6.90. The molecule has 2 rings (SSSR count). The van der Waals surface area contributed by atoms with Gasteiger partial charge in [0.1, 0.15) is 10.9 Å². The Morgan fingerprint density at radius 2 is 2.00 bits per heavy atom. The van der Waals surface area contributed by atoms with Crippen molar-refractivity contribution in [3.8, 4) is 17.2 Å². The molecule has 1 aromatic heterocycles. The molecule has 0 bridgehead atoms. The predicted octanol–water partition coefficient (Wildman–Crippen LogP) is 3.34. The van der Waals surface area contributed by atoms with Gasteiger partial charge in [0.15, 0.2) is 11.5 Å². The zero-order valence-corrected chi connectivity index (χ0v) is 11.4. The monoisotopic (exact) mass is 279 g/mol. The Kier molecular flexibility index (Phi) is 4.24. The van der Waals surface area contributed by atoms with E-state index in [2.05, 4.69) is 4.98 Å². The summed E-state index contributed by atoms with van der Waals surface area (Å²) in [7, 11) is 1.55. The normalized spacial score (nSPS) is 10.3. The van der Waals surface area contributed by atoms with Crippen molar-refractivity contribution >= 4 is 11.6 Å². The van der Waals surface area contributed by atoms with E-state index >= 15 is 0 Å². The van der Waals surface area contributed by atoms with Crippen LogP contribution in [0, 0.1) is 6.92 Å². The van der Waals surface area contributed by atoms with Crippen LogP contribution in [0.3, 0.4) is 0 Å². The number of benzene rings is 1. The van der Waals surface area contributed by atoms with Gasteiger partial charge in [-0.25, -0.2) is 4.98 Å². The number of pyridine rings is 1. The summed E-state index contributed by atoms with van der Waals surface area (Å²) in [6.45, 7) is 1.84. The molecule has 5 heteroatoms. The summed E-state index contributed by atoms with van der Waals surface area (Å²) in [6.07, 6.45) is 1.65. The summed E-state index contributed by atoms with van der Waals surface area (Å²) in [4.78, 5) is 3.97. The fraction of sp³-hybridized carbons (Fsp3) is 0.214. The van der Waals surface area contributed by atoms with E-state index in [1.54, 1.807) is 37.6 Å². The smallest absolute Gasteiger partial charge is 0.169 e. The fourth-order valence-corrected chi connectivity index (χ4v) is 1.75. The second kappa shape index (κ2) is 5.91. The summed E-state index contributed by atoms with van der Waals surface area (Å²) < 4.78 is 11.0. The van der Waals surface area contributed by atoms with E-state index in [1.807, 2.05) is 6.92 Å². The lowest BCUT2D eigenvalue weighted by Crippen LogP contribution is -1.94. The Labute approximate surface area is 116 Å². The van der Waals surface area contributed by atoms with Crippen molar-refractivity contribution in [2.45, 2.75) is 13.5 Å². The number of aliphatic hydroxyl groups is 1. The quantitative estimate of drug-likeness (QED) is 0.872. The molecular weight excluding hydrogens is 266 g/mol. The first-order valence-electron chi connectivity index (χ1n) is 5.72. The third kappa shape index (κ3) is 3.16. The van der Waals surface area contributed by atoms with Gasteiger partial charge in [0.25, 0.3) is 0 Å². The molecule has 0 fully saturated rings. The number of halogens is 1. The van der Waals surface area contributed by atoms with Crippen LogP contribution in [0.1, 0.15) is 11.1 Å². The summed E-state index contributed by atoms with van der Waals surface area (Å²) in [5.74, 6) is 1.74. The van der Waals surface area contributed by atoms with E-state index in [9.17, 15) is 0 Å². The first-order valence-corrected chi connectivity index (χ1v) is 6.09. The van der Waals surface area contributed by atoms with Crippen LogP contribution < -0.4 is 9.47 Å². The number of methoxy groups -OCH3 is 1. The van der Waals surface area contributed by atoms with Crippen LogP contribution in [-0.2, 0) is 6.61 Å². The van der Waals surface area contributed by atoms with E-state index in [1.165, 1.54) is 0 Å². The first-order chi connectivity index (χ1) is 9.13. The van der Waals surface area contributed by atoms with Gasteiger partial charge in [0, 0.05) is 17.8 Å². The molecule has 0 unspecified atom stereocenters. The van der Waals surface area contributed by atoms with Gasteiger partial charge in [-0.3, -0.25) is 0 Å². The number of rotatable bonds is 4. The molecule has 100 valence electrons. The topological polar surface area (TPSA) is 51.6 Å². The fourth-order valence-electron chi connectivity index (χ4n) is 1.60. The number of aliphatic hydroxyl groups excluding tert-OH is 1. The van der Waals surface area contributed by atoms with Gasteiger partial charge < -0.3 is 14.6 Å². The van der Waals surface area contributed by atoms with Crippen LogP contribution in [0.5, 0.6) is 17.2 Å². The molecule has 19 heavy (non-hydrogen) atoms. The maximum absolute atomic E-state index is 9.10. The highest BCUT2D eigenvalue weighted by atomic mass is 35.5. The van der Waals surface area contributed by atoms with Crippen LogP contribution in [0.15, 0.2) is 30.5 Å². The minimum atomic E-state index is -0.0449. The van der Waals surface area contributed by atoms with Gasteiger partial charge >= 0.3 is 0 Å². The molecule has 0 atom stereocenters. The molecule has 1 heterocycles.